The number of carboxylic acid groups (broad SMARTS) is 1. The molecule has 2 saturated heterocycles. The Morgan fingerprint density at radius 3 is 2.91 bits per heavy atom. The number of hydrogen-bond donors (Lipinski definition) is 1. The Hall–Kier alpha value is -1.55. The van der Waals surface area contributed by atoms with Crippen molar-refractivity contribution in [2.24, 2.45) is 5.92 Å². The van der Waals surface area contributed by atoms with Crippen molar-refractivity contribution in [1.82, 2.24) is 4.90 Å². The summed E-state index contributed by atoms with van der Waals surface area (Å²) in [4.78, 5) is 13.9. The molecule has 2 heterocycles. The van der Waals surface area contributed by atoms with Crippen LogP contribution in [0.25, 0.3) is 0 Å². The summed E-state index contributed by atoms with van der Waals surface area (Å²) in [5.41, 5.74) is 1.30. The number of benzene rings is 1. The predicted octanol–water partition coefficient (Wildman–Crippen LogP) is 3.34. The molecule has 1 aromatic rings. The number of carbonyl (C=O) groups is 1. The molecular formula is C18H25NO3. The van der Waals surface area contributed by atoms with Gasteiger partial charge in [-0.05, 0) is 63.4 Å². The zero-order chi connectivity index (χ0) is 15.5. The van der Waals surface area contributed by atoms with E-state index in [1.165, 1.54) is 45.2 Å². The molecule has 0 saturated carbocycles. The number of nitrogens with zero attached hydrogens (tertiary/aromatic N) is 1. The van der Waals surface area contributed by atoms with E-state index in [1.807, 2.05) is 19.1 Å². The zero-order valence-corrected chi connectivity index (χ0v) is 13.3. The lowest BCUT2D eigenvalue weighted by molar-refractivity contribution is 0.0361. The van der Waals surface area contributed by atoms with Gasteiger partial charge < -0.3 is 9.84 Å². The van der Waals surface area contributed by atoms with Crippen LogP contribution in [0.2, 0.25) is 0 Å². The minimum Gasteiger partial charge on any atom is -0.492 e. The Kier molecular flexibility index (Phi) is 4.67. The molecule has 2 aliphatic heterocycles. The van der Waals surface area contributed by atoms with Gasteiger partial charge in [-0.3, -0.25) is 4.90 Å². The molecule has 22 heavy (non-hydrogen) atoms. The van der Waals surface area contributed by atoms with E-state index < -0.39 is 5.97 Å². The summed E-state index contributed by atoms with van der Waals surface area (Å²) in [7, 11) is 0. The van der Waals surface area contributed by atoms with E-state index >= 15 is 0 Å². The van der Waals surface area contributed by atoms with Gasteiger partial charge in [0.15, 0.2) is 0 Å². The maximum Gasteiger partial charge on any atom is 0.339 e. The first-order chi connectivity index (χ1) is 10.6. The molecule has 2 fully saturated rings. The normalized spacial score (nSPS) is 25.5. The molecular weight excluding hydrogens is 278 g/mol. The zero-order valence-electron chi connectivity index (χ0n) is 13.3. The lowest BCUT2D eigenvalue weighted by Crippen LogP contribution is -2.49. The first-order valence-electron chi connectivity index (χ1n) is 8.36. The highest BCUT2D eigenvalue weighted by Crippen LogP contribution is 2.32. The second-order valence-electron chi connectivity index (χ2n) is 6.62. The Morgan fingerprint density at radius 2 is 2.09 bits per heavy atom. The first-order valence-corrected chi connectivity index (χ1v) is 8.36. The maximum absolute atomic E-state index is 11.3. The standard InChI is InChI=1S/C18H25NO3/c1-13-7-8-15(18(20)21)17(11-13)22-12-14-5-4-10-19-9-3-2-6-16(14)19/h7-8,11,14,16H,2-6,9-10,12H2,1H3,(H,20,21)/t14-,16+/m0/s1. The highest BCUT2D eigenvalue weighted by Gasteiger charge is 2.33. The Bertz CT molecular complexity index is 541. The Balaban J connectivity index is 1.69. The molecule has 0 unspecified atom stereocenters. The number of carboxylic acids is 1. The van der Waals surface area contributed by atoms with Crippen molar-refractivity contribution < 1.29 is 14.6 Å². The van der Waals surface area contributed by atoms with Crippen molar-refractivity contribution in [3.05, 3.63) is 29.3 Å². The largest absolute Gasteiger partial charge is 0.492 e. The van der Waals surface area contributed by atoms with Gasteiger partial charge in [-0.2, -0.15) is 0 Å². The average Bonchev–Trinajstić information content (AvgIpc) is 2.52. The molecule has 0 amide bonds. The number of hydrogen-bond acceptors (Lipinski definition) is 3. The highest BCUT2D eigenvalue weighted by atomic mass is 16.5. The molecule has 2 atom stereocenters. The van der Waals surface area contributed by atoms with Crippen LogP contribution in [0.15, 0.2) is 18.2 Å². The van der Waals surface area contributed by atoms with E-state index in [9.17, 15) is 9.90 Å². The summed E-state index contributed by atoms with van der Waals surface area (Å²) in [5.74, 6) is 0.120. The molecule has 0 spiro atoms. The second kappa shape index (κ2) is 6.69. The smallest absolute Gasteiger partial charge is 0.339 e. The van der Waals surface area contributed by atoms with Gasteiger partial charge in [-0.25, -0.2) is 4.79 Å². The summed E-state index contributed by atoms with van der Waals surface area (Å²) in [6.45, 7) is 5.02. The van der Waals surface area contributed by atoms with Crippen molar-refractivity contribution in [2.45, 2.75) is 45.1 Å². The van der Waals surface area contributed by atoms with Crippen molar-refractivity contribution in [3.8, 4) is 5.75 Å². The fourth-order valence-corrected chi connectivity index (χ4v) is 3.89. The fourth-order valence-electron chi connectivity index (χ4n) is 3.89. The molecule has 4 heteroatoms. The van der Waals surface area contributed by atoms with Gasteiger partial charge in [-0.15, -0.1) is 0 Å². The van der Waals surface area contributed by atoms with Gasteiger partial charge in [0.05, 0.1) is 6.61 Å². The molecule has 0 radical (unpaired) electrons. The third-order valence-corrected chi connectivity index (χ3v) is 5.05. The molecule has 1 N–H and O–H groups in total. The molecule has 2 aliphatic rings. The summed E-state index contributed by atoms with van der Waals surface area (Å²) in [6, 6.07) is 5.92. The number of rotatable bonds is 4. The van der Waals surface area contributed by atoms with Crippen LogP contribution in [-0.4, -0.2) is 41.7 Å². The SMILES string of the molecule is Cc1ccc(C(=O)O)c(OC[C@@H]2CCCN3CCCC[C@H]23)c1. The molecule has 3 rings (SSSR count). The molecule has 0 bridgehead atoms. The number of piperidine rings is 2. The number of aromatic carboxylic acids is 1. The van der Waals surface area contributed by atoms with Crippen molar-refractivity contribution in [3.63, 3.8) is 0 Å². The minimum absolute atomic E-state index is 0.266. The lowest BCUT2D eigenvalue weighted by atomic mass is 9.84. The average molecular weight is 303 g/mol. The first kappa shape index (κ1) is 15.3. The molecule has 0 aromatic heterocycles. The van der Waals surface area contributed by atoms with Gasteiger partial charge in [0.1, 0.15) is 11.3 Å². The van der Waals surface area contributed by atoms with Crippen LogP contribution >= 0.6 is 0 Å². The number of aryl methyl sites for hydroxylation is 1. The van der Waals surface area contributed by atoms with Gasteiger partial charge in [0.25, 0.3) is 0 Å². The molecule has 120 valence electrons. The lowest BCUT2D eigenvalue weighted by Gasteiger charge is -2.44. The minimum atomic E-state index is -0.919. The van der Waals surface area contributed by atoms with Gasteiger partial charge in [-0.1, -0.05) is 12.5 Å². The molecule has 0 aliphatic carbocycles. The Labute approximate surface area is 132 Å². The van der Waals surface area contributed by atoms with Gasteiger partial charge >= 0.3 is 5.97 Å². The van der Waals surface area contributed by atoms with Crippen LogP contribution in [-0.2, 0) is 0 Å². The van der Waals surface area contributed by atoms with E-state index in [0.717, 1.165) is 5.56 Å². The summed E-state index contributed by atoms with van der Waals surface area (Å²) in [5, 5.41) is 9.29. The van der Waals surface area contributed by atoms with Gasteiger partial charge in [0.2, 0.25) is 0 Å². The topological polar surface area (TPSA) is 49.8 Å². The number of fused-ring (bicyclic) bond motifs is 1. The van der Waals surface area contributed by atoms with Crippen LogP contribution in [0, 0.1) is 12.8 Å². The third-order valence-electron chi connectivity index (χ3n) is 5.05. The fraction of sp³-hybridized carbons (Fsp3) is 0.611. The van der Waals surface area contributed by atoms with Crippen LogP contribution < -0.4 is 4.74 Å². The maximum atomic E-state index is 11.3. The highest BCUT2D eigenvalue weighted by molar-refractivity contribution is 5.90. The Morgan fingerprint density at radius 1 is 1.27 bits per heavy atom. The van der Waals surface area contributed by atoms with E-state index in [4.69, 9.17) is 4.74 Å². The predicted molar refractivity (Wildman–Crippen MR) is 85.6 cm³/mol. The van der Waals surface area contributed by atoms with Crippen LogP contribution in [0.4, 0.5) is 0 Å². The van der Waals surface area contributed by atoms with Crippen LogP contribution in [0.5, 0.6) is 5.75 Å². The monoisotopic (exact) mass is 303 g/mol. The molecule has 4 nitrogen and oxygen atoms in total. The van der Waals surface area contributed by atoms with E-state index in [1.54, 1.807) is 6.07 Å². The third kappa shape index (κ3) is 3.27. The van der Waals surface area contributed by atoms with Crippen molar-refractivity contribution in [2.75, 3.05) is 19.7 Å². The van der Waals surface area contributed by atoms with E-state index in [2.05, 4.69) is 4.90 Å². The van der Waals surface area contributed by atoms with E-state index in [-0.39, 0.29) is 5.56 Å². The van der Waals surface area contributed by atoms with Crippen LogP contribution in [0.3, 0.4) is 0 Å². The summed E-state index contributed by atoms with van der Waals surface area (Å²) in [6.07, 6.45) is 6.29. The van der Waals surface area contributed by atoms with Crippen molar-refractivity contribution >= 4 is 5.97 Å². The van der Waals surface area contributed by atoms with E-state index in [0.29, 0.717) is 24.3 Å². The molecule has 1 aromatic carbocycles. The quantitative estimate of drug-likeness (QED) is 0.927. The summed E-state index contributed by atoms with van der Waals surface area (Å²) >= 11 is 0. The number of ether oxygens (including phenoxy) is 1. The van der Waals surface area contributed by atoms with Crippen molar-refractivity contribution in [1.29, 1.82) is 0 Å². The summed E-state index contributed by atoms with van der Waals surface area (Å²) < 4.78 is 5.96. The van der Waals surface area contributed by atoms with Gasteiger partial charge in [0, 0.05) is 12.0 Å². The second-order valence-corrected chi connectivity index (χ2v) is 6.62. The van der Waals surface area contributed by atoms with Crippen LogP contribution in [0.1, 0.15) is 48.0 Å².